The maximum atomic E-state index is 11.6. The van der Waals surface area contributed by atoms with E-state index in [2.05, 4.69) is 26.1 Å². The Bertz CT molecular complexity index is 1150. The Hall–Kier alpha value is -2.78. The number of halogens is 1. The zero-order chi connectivity index (χ0) is 19.5. The van der Waals surface area contributed by atoms with Gasteiger partial charge in [0.2, 0.25) is 11.3 Å². The predicted octanol–water partition coefficient (Wildman–Crippen LogP) is 4.30. The van der Waals surface area contributed by atoms with Crippen molar-refractivity contribution in [2.45, 2.75) is 17.5 Å². The lowest BCUT2D eigenvalue weighted by Gasteiger charge is -2.09. The molecule has 3 heterocycles. The van der Waals surface area contributed by atoms with E-state index in [1.54, 1.807) is 6.07 Å². The molecule has 0 unspecified atom stereocenters. The molecular formula is C19H14BrN3O4S. The van der Waals surface area contributed by atoms with E-state index in [0.717, 1.165) is 11.8 Å². The van der Waals surface area contributed by atoms with Crippen LogP contribution in [0.3, 0.4) is 0 Å². The fraction of sp³-hybridized carbons (Fsp3) is 0.105. The normalized spacial score (nSPS) is 11.0. The summed E-state index contributed by atoms with van der Waals surface area (Å²) in [4.78, 5) is 11.6. The lowest BCUT2D eigenvalue weighted by atomic mass is 10.2. The van der Waals surface area contributed by atoms with Crippen LogP contribution in [0.25, 0.3) is 11.6 Å². The van der Waals surface area contributed by atoms with Gasteiger partial charge in [0.25, 0.3) is 0 Å². The Kier molecular flexibility index (Phi) is 5.36. The number of rotatable bonds is 6. The van der Waals surface area contributed by atoms with Crippen LogP contribution in [0.1, 0.15) is 11.3 Å². The van der Waals surface area contributed by atoms with Gasteiger partial charge in [0.05, 0.1) is 12.3 Å². The molecule has 0 aliphatic carbocycles. The summed E-state index contributed by atoms with van der Waals surface area (Å²) >= 11 is 4.69. The zero-order valence-electron chi connectivity index (χ0n) is 14.4. The van der Waals surface area contributed by atoms with E-state index in [9.17, 15) is 9.90 Å². The number of furan rings is 1. The molecule has 0 amide bonds. The Labute approximate surface area is 172 Å². The smallest absolute Gasteiger partial charge is 0.226 e. The molecule has 28 heavy (non-hydrogen) atoms. The highest BCUT2D eigenvalue weighted by Crippen LogP contribution is 2.29. The molecule has 0 bridgehead atoms. The molecule has 3 aromatic heterocycles. The van der Waals surface area contributed by atoms with Gasteiger partial charge in [-0.2, -0.15) is 0 Å². The van der Waals surface area contributed by atoms with Crippen molar-refractivity contribution in [1.29, 1.82) is 0 Å². The first-order valence-corrected chi connectivity index (χ1v) is 10.0. The molecule has 0 aliphatic heterocycles. The van der Waals surface area contributed by atoms with E-state index < -0.39 is 11.2 Å². The topological polar surface area (TPSA) is 94.3 Å². The van der Waals surface area contributed by atoms with Gasteiger partial charge in [-0.15, -0.1) is 10.2 Å². The van der Waals surface area contributed by atoms with Gasteiger partial charge in [0, 0.05) is 6.07 Å². The SMILES string of the molecule is O=c1cc(CSc2nnc(-c3ccc(Br)o3)n2Cc2ccccc2)occ1O. The third kappa shape index (κ3) is 4.05. The molecule has 4 rings (SSSR count). The minimum Gasteiger partial charge on any atom is -0.502 e. The van der Waals surface area contributed by atoms with Crippen LogP contribution in [0.4, 0.5) is 0 Å². The highest BCUT2D eigenvalue weighted by atomic mass is 79.9. The average molecular weight is 460 g/mol. The second-order valence-electron chi connectivity index (χ2n) is 5.87. The standard InChI is InChI=1S/C19H14BrN3O4S/c20-17-7-6-16(27-17)18-21-22-19(23(18)9-12-4-2-1-3-5-12)28-11-13-8-14(24)15(25)10-26-13/h1-8,10,25H,9,11H2. The number of aromatic hydroxyl groups is 1. The van der Waals surface area contributed by atoms with Crippen molar-refractivity contribution < 1.29 is 13.9 Å². The van der Waals surface area contributed by atoms with Gasteiger partial charge in [-0.25, -0.2) is 0 Å². The second-order valence-corrected chi connectivity index (χ2v) is 7.59. The number of hydrogen-bond acceptors (Lipinski definition) is 7. The Morgan fingerprint density at radius 3 is 2.68 bits per heavy atom. The van der Waals surface area contributed by atoms with Gasteiger partial charge in [0.15, 0.2) is 21.3 Å². The van der Waals surface area contributed by atoms with Crippen LogP contribution in [0.5, 0.6) is 5.75 Å². The summed E-state index contributed by atoms with van der Waals surface area (Å²) < 4.78 is 13.5. The van der Waals surface area contributed by atoms with Gasteiger partial charge in [-0.05, 0) is 33.6 Å². The van der Waals surface area contributed by atoms with Crippen molar-refractivity contribution in [2.75, 3.05) is 0 Å². The number of benzene rings is 1. The van der Waals surface area contributed by atoms with E-state index in [4.69, 9.17) is 8.83 Å². The molecule has 0 fully saturated rings. The van der Waals surface area contributed by atoms with Crippen molar-refractivity contribution in [3.8, 4) is 17.3 Å². The van der Waals surface area contributed by atoms with Crippen LogP contribution in [0.2, 0.25) is 0 Å². The van der Waals surface area contributed by atoms with Crippen molar-refractivity contribution in [3.05, 3.63) is 81.0 Å². The molecule has 0 saturated heterocycles. The van der Waals surface area contributed by atoms with Gasteiger partial charge >= 0.3 is 0 Å². The molecule has 7 nitrogen and oxygen atoms in total. The van der Waals surface area contributed by atoms with E-state index in [1.807, 2.05) is 41.0 Å². The van der Waals surface area contributed by atoms with E-state index in [1.165, 1.54) is 17.8 Å². The van der Waals surface area contributed by atoms with Gasteiger partial charge in [-0.3, -0.25) is 9.36 Å². The van der Waals surface area contributed by atoms with Crippen molar-refractivity contribution in [3.63, 3.8) is 0 Å². The quantitative estimate of drug-likeness (QED) is 0.429. The third-order valence-corrected chi connectivity index (χ3v) is 5.32. The highest BCUT2D eigenvalue weighted by Gasteiger charge is 2.18. The molecule has 0 radical (unpaired) electrons. The minimum atomic E-state index is -0.478. The molecule has 0 atom stereocenters. The Morgan fingerprint density at radius 1 is 1.14 bits per heavy atom. The predicted molar refractivity (Wildman–Crippen MR) is 107 cm³/mol. The molecule has 0 spiro atoms. The van der Waals surface area contributed by atoms with Crippen LogP contribution in [-0.2, 0) is 12.3 Å². The first kappa shape index (κ1) is 18.6. The van der Waals surface area contributed by atoms with Crippen LogP contribution in [-0.4, -0.2) is 19.9 Å². The van der Waals surface area contributed by atoms with Crippen LogP contribution in [0, 0.1) is 0 Å². The fourth-order valence-corrected chi connectivity index (χ4v) is 3.71. The molecule has 4 aromatic rings. The maximum absolute atomic E-state index is 11.6. The summed E-state index contributed by atoms with van der Waals surface area (Å²) in [6, 6.07) is 14.8. The summed E-state index contributed by atoms with van der Waals surface area (Å²) in [5.41, 5.74) is 0.612. The monoisotopic (exact) mass is 459 g/mol. The highest BCUT2D eigenvalue weighted by molar-refractivity contribution is 9.10. The maximum Gasteiger partial charge on any atom is 0.226 e. The lowest BCUT2D eigenvalue weighted by Crippen LogP contribution is -2.04. The zero-order valence-corrected chi connectivity index (χ0v) is 16.8. The number of aromatic nitrogens is 3. The lowest BCUT2D eigenvalue weighted by molar-refractivity contribution is 0.419. The molecule has 1 N–H and O–H groups in total. The first-order valence-electron chi connectivity index (χ1n) is 8.26. The molecule has 0 aliphatic rings. The van der Waals surface area contributed by atoms with Gasteiger partial charge in [0.1, 0.15) is 12.0 Å². The number of thioether (sulfide) groups is 1. The summed E-state index contributed by atoms with van der Waals surface area (Å²) in [6.45, 7) is 0.559. The van der Waals surface area contributed by atoms with Crippen LogP contribution >= 0.6 is 27.7 Å². The summed E-state index contributed by atoms with van der Waals surface area (Å²) in [5.74, 6) is 1.59. The summed E-state index contributed by atoms with van der Waals surface area (Å²) in [7, 11) is 0. The van der Waals surface area contributed by atoms with Crippen molar-refractivity contribution >= 4 is 27.7 Å². The molecule has 1 aromatic carbocycles. The van der Waals surface area contributed by atoms with Crippen LogP contribution < -0.4 is 5.43 Å². The summed E-state index contributed by atoms with van der Waals surface area (Å²) in [6.07, 6.45) is 1.04. The Morgan fingerprint density at radius 2 is 1.96 bits per heavy atom. The fourth-order valence-electron chi connectivity index (χ4n) is 2.58. The van der Waals surface area contributed by atoms with Gasteiger partial charge < -0.3 is 13.9 Å². The van der Waals surface area contributed by atoms with E-state index >= 15 is 0 Å². The number of hydrogen-bond donors (Lipinski definition) is 1. The average Bonchev–Trinajstić information content (AvgIpc) is 3.29. The van der Waals surface area contributed by atoms with Gasteiger partial charge in [-0.1, -0.05) is 42.1 Å². The third-order valence-electron chi connectivity index (χ3n) is 3.90. The summed E-state index contributed by atoms with van der Waals surface area (Å²) in [5, 5.41) is 18.5. The van der Waals surface area contributed by atoms with E-state index in [0.29, 0.717) is 39.5 Å². The van der Waals surface area contributed by atoms with Crippen LogP contribution in [0.15, 0.2) is 78.2 Å². The largest absolute Gasteiger partial charge is 0.502 e. The second kappa shape index (κ2) is 8.07. The minimum absolute atomic E-state index is 0.365. The first-order chi connectivity index (χ1) is 13.6. The van der Waals surface area contributed by atoms with E-state index in [-0.39, 0.29) is 0 Å². The Balaban J connectivity index is 1.65. The molecular weight excluding hydrogens is 446 g/mol. The van der Waals surface area contributed by atoms with Crippen molar-refractivity contribution in [1.82, 2.24) is 14.8 Å². The number of nitrogens with zero attached hydrogens (tertiary/aromatic N) is 3. The van der Waals surface area contributed by atoms with Crippen molar-refractivity contribution in [2.24, 2.45) is 0 Å². The molecule has 0 saturated carbocycles. The molecule has 9 heteroatoms. The molecule has 142 valence electrons.